The van der Waals surface area contributed by atoms with Crippen LogP contribution in [0.2, 0.25) is 5.02 Å². The van der Waals surface area contributed by atoms with E-state index in [1.807, 2.05) is 0 Å². The van der Waals surface area contributed by atoms with Gasteiger partial charge >= 0.3 is 0 Å². The number of nitrogens with zero attached hydrogens (tertiary/aromatic N) is 3. The monoisotopic (exact) mass is 469 g/mol. The molecule has 0 atom stereocenters. The summed E-state index contributed by atoms with van der Waals surface area (Å²) in [5, 5.41) is 0.524. The van der Waals surface area contributed by atoms with Crippen LogP contribution in [0.1, 0.15) is 21.7 Å². The van der Waals surface area contributed by atoms with E-state index in [1.54, 1.807) is 37.3 Å². The summed E-state index contributed by atoms with van der Waals surface area (Å²) in [5.41, 5.74) is 1.48. The van der Waals surface area contributed by atoms with Crippen LogP contribution >= 0.6 is 11.6 Å². The summed E-state index contributed by atoms with van der Waals surface area (Å²) in [6.45, 7) is 1.45. The van der Waals surface area contributed by atoms with E-state index in [-0.39, 0.29) is 37.8 Å². The van der Waals surface area contributed by atoms with Crippen molar-refractivity contribution in [1.29, 1.82) is 0 Å². The molecule has 4 rings (SSSR count). The van der Waals surface area contributed by atoms with Crippen LogP contribution in [0.4, 0.5) is 10.1 Å². The molecule has 3 aromatic rings. The fraction of sp³-hybridized carbons (Fsp3) is 0.208. The minimum absolute atomic E-state index is 0.0208. The first-order valence-electron chi connectivity index (χ1n) is 10.2. The van der Waals surface area contributed by atoms with Gasteiger partial charge in [0.2, 0.25) is 11.8 Å². The van der Waals surface area contributed by atoms with E-state index < -0.39 is 17.6 Å². The van der Waals surface area contributed by atoms with Gasteiger partial charge in [0.25, 0.3) is 5.91 Å². The van der Waals surface area contributed by atoms with Crippen molar-refractivity contribution < 1.29 is 23.2 Å². The van der Waals surface area contributed by atoms with Crippen LogP contribution in [0.15, 0.2) is 65.3 Å². The van der Waals surface area contributed by atoms with Crippen LogP contribution in [-0.2, 0) is 16.1 Å². The Bertz CT molecular complexity index is 1200. The summed E-state index contributed by atoms with van der Waals surface area (Å²) in [5.74, 6) is -1.26. The number of hydrogen-bond donors (Lipinski definition) is 0. The van der Waals surface area contributed by atoms with Crippen molar-refractivity contribution in [3.8, 4) is 0 Å². The second kappa shape index (κ2) is 9.46. The zero-order valence-corrected chi connectivity index (χ0v) is 18.6. The number of anilines is 1. The molecule has 0 aliphatic carbocycles. The molecule has 1 aliphatic rings. The van der Waals surface area contributed by atoms with Crippen molar-refractivity contribution in [2.24, 2.45) is 0 Å². The van der Waals surface area contributed by atoms with Gasteiger partial charge in [-0.3, -0.25) is 19.3 Å². The minimum atomic E-state index is -0.553. The molecule has 0 radical (unpaired) electrons. The number of rotatable bonds is 6. The predicted octanol–water partition coefficient (Wildman–Crippen LogP) is 3.86. The molecule has 0 unspecified atom stereocenters. The lowest BCUT2D eigenvalue weighted by Gasteiger charge is -2.25. The van der Waals surface area contributed by atoms with E-state index in [1.165, 1.54) is 39.2 Å². The number of amides is 3. The Balaban J connectivity index is 1.52. The molecule has 3 amide bonds. The van der Waals surface area contributed by atoms with E-state index in [4.69, 9.17) is 16.0 Å². The van der Waals surface area contributed by atoms with Gasteiger partial charge in [-0.2, -0.15) is 0 Å². The molecule has 1 aromatic heterocycles. The molecule has 2 heterocycles. The van der Waals surface area contributed by atoms with Gasteiger partial charge in [-0.05, 0) is 55.0 Å². The van der Waals surface area contributed by atoms with Crippen LogP contribution in [0, 0.1) is 12.7 Å². The Hall–Kier alpha value is -3.65. The summed E-state index contributed by atoms with van der Waals surface area (Å²) in [7, 11) is 0. The number of carbonyl (C=O) groups is 3. The van der Waals surface area contributed by atoms with Crippen molar-refractivity contribution in [2.45, 2.75) is 13.5 Å². The summed E-state index contributed by atoms with van der Waals surface area (Å²) in [4.78, 5) is 42.9. The third-order valence-corrected chi connectivity index (χ3v) is 5.84. The van der Waals surface area contributed by atoms with E-state index in [9.17, 15) is 18.8 Å². The third kappa shape index (κ3) is 4.90. The molecule has 7 nitrogen and oxygen atoms in total. The SMILES string of the molecule is Cc1c(Cl)cccc1N1CN(C(=O)CN(Cc2ccco2)C(=O)c2cccc(F)c2)CC1=O. The number of benzene rings is 2. The van der Waals surface area contributed by atoms with E-state index in [0.29, 0.717) is 16.5 Å². The van der Waals surface area contributed by atoms with Gasteiger partial charge < -0.3 is 14.2 Å². The van der Waals surface area contributed by atoms with Crippen molar-refractivity contribution in [3.63, 3.8) is 0 Å². The highest BCUT2D eigenvalue weighted by Gasteiger charge is 2.34. The van der Waals surface area contributed by atoms with E-state index >= 15 is 0 Å². The summed E-state index contributed by atoms with van der Waals surface area (Å²) in [6, 6.07) is 13.9. The fourth-order valence-electron chi connectivity index (χ4n) is 3.67. The van der Waals surface area contributed by atoms with Crippen molar-refractivity contribution in [3.05, 3.63) is 88.6 Å². The molecule has 170 valence electrons. The summed E-state index contributed by atoms with van der Waals surface area (Å²) in [6.07, 6.45) is 1.46. The van der Waals surface area contributed by atoms with Gasteiger partial charge in [0.05, 0.1) is 12.8 Å². The molecule has 1 aliphatic heterocycles. The molecule has 1 saturated heterocycles. The maximum absolute atomic E-state index is 13.7. The second-order valence-corrected chi connectivity index (χ2v) is 8.10. The molecular weight excluding hydrogens is 449 g/mol. The number of hydrogen-bond acceptors (Lipinski definition) is 4. The Kier molecular flexibility index (Phi) is 6.46. The van der Waals surface area contributed by atoms with Crippen molar-refractivity contribution >= 4 is 35.0 Å². The predicted molar refractivity (Wildman–Crippen MR) is 120 cm³/mol. The molecule has 0 saturated carbocycles. The van der Waals surface area contributed by atoms with Crippen LogP contribution in [0.3, 0.4) is 0 Å². The highest BCUT2D eigenvalue weighted by molar-refractivity contribution is 6.31. The first-order chi connectivity index (χ1) is 15.8. The summed E-state index contributed by atoms with van der Waals surface area (Å²) >= 11 is 6.18. The van der Waals surface area contributed by atoms with Crippen molar-refractivity contribution in [1.82, 2.24) is 9.80 Å². The lowest BCUT2D eigenvalue weighted by molar-refractivity contribution is -0.132. The average Bonchev–Trinajstić information content (AvgIpc) is 3.44. The number of halogens is 2. The highest BCUT2D eigenvalue weighted by Crippen LogP contribution is 2.28. The van der Waals surface area contributed by atoms with Crippen LogP contribution in [-0.4, -0.2) is 47.3 Å². The molecule has 0 bridgehead atoms. The first-order valence-corrected chi connectivity index (χ1v) is 10.6. The Morgan fingerprint density at radius 2 is 1.94 bits per heavy atom. The van der Waals surface area contributed by atoms with Gasteiger partial charge in [0.1, 0.15) is 31.3 Å². The maximum atomic E-state index is 13.7. The lowest BCUT2D eigenvalue weighted by atomic mass is 10.2. The van der Waals surface area contributed by atoms with Gasteiger partial charge in [-0.1, -0.05) is 23.7 Å². The van der Waals surface area contributed by atoms with E-state index in [2.05, 4.69) is 0 Å². The Labute approximate surface area is 194 Å². The average molecular weight is 470 g/mol. The molecule has 1 fully saturated rings. The van der Waals surface area contributed by atoms with Gasteiger partial charge in [-0.15, -0.1) is 0 Å². The maximum Gasteiger partial charge on any atom is 0.254 e. The zero-order chi connectivity index (χ0) is 23.5. The van der Waals surface area contributed by atoms with E-state index in [0.717, 1.165) is 11.6 Å². The molecule has 2 aromatic carbocycles. The highest BCUT2D eigenvalue weighted by atomic mass is 35.5. The van der Waals surface area contributed by atoms with Gasteiger partial charge in [-0.25, -0.2) is 4.39 Å². The number of carbonyl (C=O) groups excluding carboxylic acids is 3. The molecule has 33 heavy (non-hydrogen) atoms. The van der Waals surface area contributed by atoms with Crippen LogP contribution < -0.4 is 4.90 Å². The summed E-state index contributed by atoms with van der Waals surface area (Å²) < 4.78 is 19.0. The molecule has 0 N–H and O–H groups in total. The molecular formula is C24H21ClFN3O4. The Morgan fingerprint density at radius 1 is 1.15 bits per heavy atom. The topological polar surface area (TPSA) is 74.1 Å². The zero-order valence-electron chi connectivity index (χ0n) is 17.8. The molecule has 0 spiro atoms. The largest absolute Gasteiger partial charge is 0.467 e. The standard InChI is InChI=1S/C24H21ClFN3O4/c1-16-20(25)8-3-9-21(16)29-15-28(14-23(29)31)22(30)13-27(12-19-7-4-10-33-19)24(32)17-5-2-6-18(26)11-17/h2-11H,12-15H2,1H3. The smallest absolute Gasteiger partial charge is 0.254 e. The fourth-order valence-corrected chi connectivity index (χ4v) is 3.84. The van der Waals surface area contributed by atoms with Crippen molar-refractivity contribution in [2.75, 3.05) is 24.7 Å². The lowest BCUT2D eigenvalue weighted by Crippen LogP contribution is -2.42. The third-order valence-electron chi connectivity index (χ3n) is 5.43. The minimum Gasteiger partial charge on any atom is -0.467 e. The Morgan fingerprint density at radius 3 is 2.67 bits per heavy atom. The normalized spacial score (nSPS) is 13.5. The first kappa shape index (κ1) is 22.5. The quantitative estimate of drug-likeness (QED) is 0.549. The van der Waals surface area contributed by atoms with Gasteiger partial charge in [0.15, 0.2) is 0 Å². The second-order valence-electron chi connectivity index (χ2n) is 7.69. The molecule has 9 heteroatoms. The van der Waals surface area contributed by atoms with Crippen LogP contribution in [0.5, 0.6) is 0 Å². The van der Waals surface area contributed by atoms with Crippen LogP contribution in [0.25, 0.3) is 0 Å². The number of furan rings is 1. The van der Waals surface area contributed by atoms with Gasteiger partial charge in [0, 0.05) is 16.3 Å².